The van der Waals surface area contributed by atoms with Crippen molar-refractivity contribution in [3.63, 3.8) is 0 Å². The molecule has 0 aliphatic rings. The molecule has 1 aromatic rings. The molecular weight excluding hydrogens is 282 g/mol. The number of amides is 1. The standard InChI is InChI=1S/C13H23N3OS.ClH/c1-7(2)6-11-13(18-10(5)15-11)16-12(17)8(3)9(4)14;/h7-9H,6,14H2,1-5H3,(H,16,17);1H. The lowest BCUT2D eigenvalue weighted by atomic mass is 10.0. The van der Waals surface area contributed by atoms with Gasteiger partial charge in [-0.25, -0.2) is 4.98 Å². The Morgan fingerprint density at radius 2 is 1.95 bits per heavy atom. The predicted octanol–water partition coefficient (Wildman–Crippen LogP) is 2.99. The van der Waals surface area contributed by atoms with E-state index in [1.807, 2.05) is 20.8 Å². The third-order valence-electron chi connectivity index (χ3n) is 2.84. The summed E-state index contributed by atoms with van der Waals surface area (Å²) in [7, 11) is 0. The van der Waals surface area contributed by atoms with Crippen LogP contribution in [0.3, 0.4) is 0 Å². The lowest BCUT2D eigenvalue weighted by Crippen LogP contribution is -2.34. The number of halogens is 1. The van der Waals surface area contributed by atoms with Gasteiger partial charge in [-0.3, -0.25) is 4.79 Å². The second kappa shape index (κ2) is 7.82. The maximum absolute atomic E-state index is 12.0. The van der Waals surface area contributed by atoms with E-state index >= 15 is 0 Å². The van der Waals surface area contributed by atoms with Crippen LogP contribution >= 0.6 is 23.7 Å². The van der Waals surface area contributed by atoms with Crippen LogP contribution in [0.5, 0.6) is 0 Å². The first-order chi connectivity index (χ1) is 8.31. The molecule has 1 heterocycles. The smallest absolute Gasteiger partial charge is 0.229 e. The maximum Gasteiger partial charge on any atom is 0.229 e. The van der Waals surface area contributed by atoms with Crippen LogP contribution in [0.1, 0.15) is 38.4 Å². The zero-order chi connectivity index (χ0) is 13.9. The van der Waals surface area contributed by atoms with E-state index in [0.717, 1.165) is 22.1 Å². The normalized spacial score (nSPS) is 13.8. The summed E-state index contributed by atoms with van der Waals surface area (Å²) in [6.07, 6.45) is 0.881. The summed E-state index contributed by atoms with van der Waals surface area (Å²) in [4.78, 5) is 16.5. The molecule has 0 aromatic carbocycles. The van der Waals surface area contributed by atoms with Gasteiger partial charge in [-0.15, -0.1) is 23.7 Å². The van der Waals surface area contributed by atoms with E-state index in [-0.39, 0.29) is 30.3 Å². The number of carbonyl (C=O) groups is 1. The number of nitrogens with one attached hydrogen (secondary N) is 1. The highest BCUT2D eigenvalue weighted by Crippen LogP contribution is 2.26. The lowest BCUT2D eigenvalue weighted by Gasteiger charge is -2.15. The topological polar surface area (TPSA) is 68.0 Å². The summed E-state index contributed by atoms with van der Waals surface area (Å²) in [5, 5.41) is 4.81. The fourth-order valence-corrected chi connectivity index (χ4v) is 2.41. The molecule has 1 rings (SSSR count). The van der Waals surface area contributed by atoms with Gasteiger partial charge in [0.25, 0.3) is 0 Å². The van der Waals surface area contributed by atoms with Gasteiger partial charge in [0.1, 0.15) is 5.00 Å². The first kappa shape index (κ1) is 18.4. The molecule has 1 amide bonds. The molecular formula is C13H24ClN3OS. The SMILES string of the molecule is Cc1nc(CC(C)C)c(NC(=O)C(C)C(C)N)s1.Cl. The van der Waals surface area contributed by atoms with Gasteiger partial charge >= 0.3 is 0 Å². The first-order valence-corrected chi connectivity index (χ1v) is 7.15. The van der Waals surface area contributed by atoms with Crippen molar-refractivity contribution in [2.24, 2.45) is 17.6 Å². The molecule has 0 spiro atoms. The van der Waals surface area contributed by atoms with Gasteiger partial charge in [-0.2, -0.15) is 0 Å². The largest absolute Gasteiger partial charge is 0.327 e. The van der Waals surface area contributed by atoms with Gasteiger partial charge < -0.3 is 11.1 Å². The van der Waals surface area contributed by atoms with Crippen LogP contribution in [0.4, 0.5) is 5.00 Å². The fourth-order valence-electron chi connectivity index (χ4n) is 1.56. The second-order valence-electron chi connectivity index (χ2n) is 5.24. The van der Waals surface area contributed by atoms with Crippen molar-refractivity contribution < 1.29 is 4.79 Å². The van der Waals surface area contributed by atoms with Crippen molar-refractivity contribution in [2.75, 3.05) is 5.32 Å². The molecule has 0 aliphatic heterocycles. The molecule has 0 saturated heterocycles. The van der Waals surface area contributed by atoms with E-state index in [0.29, 0.717) is 5.92 Å². The van der Waals surface area contributed by atoms with Crippen molar-refractivity contribution in [1.82, 2.24) is 4.98 Å². The van der Waals surface area contributed by atoms with E-state index < -0.39 is 0 Å². The minimum absolute atomic E-state index is 0. The van der Waals surface area contributed by atoms with Gasteiger partial charge in [0.05, 0.1) is 16.6 Å². The van der Waals surface area contributed by atoms with Gasteiger partial charge in [-0.05, 0) is 26.2 Å². The van der Waals surface area contributed by atoms with Crippen LogP contribution in [-0.2, 0) is 11.2 Å². The summed E-state index contributed by atoms with van der Waals surface area (Å²) in [5.41, 5.74) is 6.73. The molecule has 2 unspecified atom stereocenters. The average Bonchev–Trinajstić information content (AvgIpc) is 2.56. The van der Waals surface area contributed by atoms with E-state index in [1.54, 1.807) is 0 Å². The molecule has 0 bridgehead atoms. The maximum atomic E-state index is 12.0. The predicted molar refractivity (Wildman–Crippen MR) is 84.1 cm³/mol. The number of hydrogen-bond donors (Lipinski definition) is 2. The Kier molecular flexibility index (Phi) is 7.55. The number of nitrogens with zero attached hydrogens (tertiary/aromatic N) is 1. The highest BCUT2D eigenvalue weighted by Gasteiger charge is 2.20. The van der Waals surface area contributed by atoms with Gasteiger partial charge in [0, 0.05) is 6.04 Å². The number of nitrogens with two attached hydrogens (primary N) is 1. The minimum atomic E-state index is -0.195. The quantitative estimate of drug-likeness (QED) is 0.878. The van der Waals surface area contributed by atoms with Crippen LogP contribution in [0, 0.1) is 18.8 Å². The van der Waals surface area contributed by atoms with Crippen LogP contribution in [0.25, 0.3) is 0 Å². The molecule has 4 nitrogen and oxygen atoms in total. The van der Waals surface area contributed by atoms with Crippen molar-refractivity contribution in [3.8, 4) is 0 Å². The average molecular weight is 306 g/mol. The highest BCUT2D eigenvalue weighted by atomic mass is 35.5. The van der Waals surface area contributed by atoms with E-state index in [2.05, 4.69) is 24.1 Å². The van der Waals surface area contributed by atoms with Gasteiger partial charge in [-0.1, -0.05) is 20.8 Å². The van der Waals surface area contributed by atoms with E-state index in [1.165, 1.54) is 11.3 Å². The van der Waals surface area contributed by atoms with E-state index in [4.69, 9.17) is 5.73 Å². The molecule has 0 fully saturated rings. The Hall–Kier alpha value is -0.650. The van der Waals surface area contributed by atoms with Gasteiger partial charge in [0.2, 0.25) is 5.91 Å². The van der Waals surface area contributed by atoms with Crippen molar-refractivity contribution in [3.05, 3.63) is 10.7 Å². The number of anilines is 1. The summed E-state index contributed by atoms with van der Waals surface area (Å²) in [6.45, 7) is 9.93. The molecule has 3 N–H and O–H groups in total. The number of thiazole rings is 1. The summed E-state index contributed by atoms with van der Waals surface area (Å²) in [6, 6.07) is -0.146. The number of hydrogen-bond acceptors (Lipinski definition) is 4. The Balaban J connectivity index is 0.00000324. The molecule has 0 radical (unpaired) electrons. The minimum Gasteiger partial charge on any atom is -0.327 e. The third kappa shape index (κ3) is 5.47. The number of aryl methyl sites for hydroxylation is 1. The molecule has 2 atom stereocenters. The summed E-state index contributed by atoms with van der Waals surface area (Å²) < 4.78 is 0. The Morgan fingerprint density at radius 3 is 2.42 bits per heavy atom. The first-order valence-electron chi connectivity index (χ1n) is 6.34. The van der Waals surface area contributed by atoms with Crippen LogP contribution < -0.4 is 11.1 Å². The van der Waals surface area contributed by atoms with Crippen LogP contribution in [0.2, 0.25) is 0 Å². The molecule has 0 saturated carbocycles. The third-order valence-corrected chi connectivity index (χ3v) is 3.77. The summed E-state index contributed by atoms with van der Waals surface area (Å²) >= 11 is 1.53. The van der Waals surface area contributed by atoms with Gasteiger partial charge in [0.15, 0.2) is 0 Å². The second-order valence-corrected chi connectivity index (χ2v) is 6.45. The lowest BCUT2D eigenvalue weighted by molar-refractivity contribution is -0.119. The van der Waals surface area contributed by atoms with E-state index in [9.17, 15) is 4.79 Å². The zero-order valence-electron chi connectivity index (χ0n) is 12.2. The van der Waals surface area contributed by atoms with Crippen molar-refractivity contribution in [2.45, 2.75) is 47.1 Å². The van der Waals surface area contributed by atoms with Crippen molar-refractivity contribution in [1.29, 1.82) is 0 Å². The Bertz CT molecular complexity index is 418. The molecule has 0 aliphatic carbocycles. The fraction of sp³-hybridized carbons (Fsp3) is 0.692. The Morgan fingerprint density at radius 1 is 1.37 bits per heavy atom. The zero-order valence-corrected chi connectivity index (χ0v) is 13.8. The molecule has 110 valence electrons. The molecule has 6 heteroatoms. The number of carbonyl (C=O) groups excluding carboxylic acids is 1. The number of aromatic nitrogens is 1. The molecule has 19 heavy (non-hydrogen) atoms. The van der Waals surface area contributed by atoms with Crippen LogP contribution in [-0.4, -0.2) is 16.9 Å². The van der Waals surface area contributed by atoms with Crippen LogP contribution in [0.15, 0.2) is 0 Å². The number of rotatable bonds is 5. The molecule has 1 aromatic heterocycles. The monoisotopic (exact) mass is 305 g/mol. The highest BCUT2D eigenvalue weighted by molar-refractivity contribution is 7.16. The summed E-state index contributed by atoms with van der Waals surface area (Å²) in [5.74, 6) is 0.297. The Labute approximate surface area is 125 Å². The van der Waals surface area contributed by atoms with Crippen molar-refractivity contribution >= 4 is 34.7 Å².